The first-order valence-electron chi connectivity index (χ1n) is 9.08. The van der Waals surface area contributed by atoms with Crippen LogP contribution in [0, 0.1) is 0 Å². The molecule has 6 heteroatoms. The highest BCUT2D eigenvalue weighted by Crippen LogP contribution is 2.25. The highest BCUT2D eigenvalue weighted by molar-refractivity contribution is 6.22. The molecule has 0 aliphatic carbocycles. The van der Waals surface area contributed by atoms with Gasteiger partial charge >= 0.3 is 0 Å². The number of carbonyl (C=O) groups excluding carboxylic acids is 2. The van der Waals surface area contributed by atoms with Crippen LogP contribution in [0.4, 0.5) is 5.69 Å². The van der Waals surface area contributed by atoms with Gasteiger partial charge in [-0.05, 0) is 48.4 Å². The number of hydrogen-bond acceptors (Lipinski definition) is 5. The summed E-state index contributed by atoms with van der Waals surface area (Å²) in [5, 5.41) is 3.18. The summed E-state index contributed by atoms with van der Waals surface area (Å²) in [5.74, 6) is 1.09. The molecule has 1 aliphatic rings. The zero-order valence-electron chi connectivity index (χ0n) is 15.6. The van der Waals surface area contributed by atoms with Crippen LogP contribution in [0.15, 0.2) is 48.5 Å². The molecule has 142 valence electrons. The molecule has 27 heavy (non-hydrogen) atoms. The zero-order valence-corrected chi connectivity index (χ0v) is 15.6. The molecule has 1 aliphatic heterocycles. The lowest BCUT2D eigenvalue weighted by molar-refractivity contribution is -0.121. The lowest BCUT2D eigenvalue weighted by atomic mass is 10.2. The Labute approximate surface area is 159 Å². The van der Waals surface area contributed by atoms with E-state index in [0.29, 0.717) is 18.8 Å². The minimum Gasteiger partial charge on any atom is -0.497 e. The van der Waals surface area contributed by atoms with Gasteiger partial charge in [-0.25, -0.2) is 4.90 Å². The molecule has 6 nitrogen and oxygen atoms in total. The summed E-state index contributed by atoms with van der Waals surface area (Å²) in [6.07, 6.45) is 1.08. The van der Waals surface area contributed by atoms with E-state index in [9.17, 15) is 9.59 Å². The van der Waals surface area contributed by atoms with Crippen molar-refractivity contribution in [3.63, 3.8) is 0 Å². The van der Waals surface area contributed by atoms with Gasteiger partial charge < -0.3 is 14.8 Å². The number of carbonyl (C=O) groups is 2. The second-order valence-electron chi connectivity index (χ2n) is 6.40. The van der Waals surface area contributed by atoms with E-state index in [2.05, 4.69) is 5.32 Å². The van der Waals surface area contributed by atoms with Crippen LogP contribution in [0.3, 0.4) is 0 Å². The number of rotatable bonds is 8. The average Bonchev–Trinajstić information content (AvgIpc) is 2.99. The minimum atomic E-state index is -0.518. The molecular weight excluding hydrogens is 344 g/mol. The van der Waals surface area contributed by atoms with Crippen molar-refractivity contribution in [1.82, 2.24) is 5.32 Å². The lowest BCUT2D eigenvalue weighted by Crippen LogP contribution is -2.38. The Balaban J connectivity index is 1.62. The van der Waals surface area contributed by atoms with Crippen LogP contribution in [-0.2, 0) is 16.1 Å². The number of nitrogens with zero attached hydrogens (tertiary/aromatic N) is 1. The van der Waals surface area contributed by atoms with Gasteiger partial charge in [-0.3, -0.25) is 9.59 Å². The first kappa shape index (κ1) is 18.9. The number of imide groups is 1. The van der Waals surface area contributed by atoms with Gasteiger partial charge in [0.25, 0.3) is 5.91 Å². The molecule has 0 bridgehead atoms. The predicted molar refractivity (Wildman–Crippen MR) is 103 cm³/mol. The summed E-state index contributed by atoms with van der Waals surface area (Å²) < 4.78 is 10.7. The normalized spacial score (nSPS) is 16.7. The van der Waals surface area contributed by atoms with Crippen LogP contribution in [0.25, 0.3) is 0 Å². The van der Waals surface area contributed by atoms with Gasteiger partial charge in [0.2, 0.25) is 5.91 Å². The van der Waals surface area contributed by atoms with Gasteiger partial charge in [0.05, 0.1) is 31.9 Å². The summed E-state index contributed by atoms with van der Waals surface area (Å²) in [4.78, 5) is 26.3. The van der Waals surface area contributed by atoms with Crippen molar-refractivity contribution in [2.45, 2.75) is 32.4 Å². The van der Waals surface area contributed by atoms with E-state index < -0.39 is 6.04 Å². The van der Waals surface area contributed by atoms with Crippen molar-refractivity contribution in [2.75, 3.05) is 18.6 Å². The van der Waals surface area contributed by atoms with Crippen LogP contribution in [-0.4, -0.2) is 31.6 Å². The number of benzene rings is 2. The number of ether oxygens (including phenoxy) is 2. The number of amides is 2. The maximum atomic E-state index is 12.7. The molecule has 1 heterocycles. The number of nitrogens with one attached hydrogen (secondary N) is 1. The maximum absolute atomic E-state index is 12.7. The van der Waals surface area contributed by atoms with E-state index in [1.807, 2.05) is 31.2 Å². The third-order valence-corrected chi connectivity index (χ3v) is 4.43. The van der Waals surface area contributed by atoms with Crippen molar-refractivity contribution in [1.29, 1.82) is 0 Å². The van der Waals surface area contributed by atoms with Crippen molar-refractivity contribution in [3.05, 3.63) is 54.1 Å². The molecule has 0 radical (unpaired) electrons. The van der Waals surface area contributed by atoms with Gasteiger partial charge in [-0.2, -0.15) is 0 Å². The van der Waals surface area contributed by atoms with Crippen LogP contribution < -0.4 is 19.7 Å². The van der Waals surface area contributed by atoms with Crippen LogP contribution in [0.2, 0.25) is 0 Å². The van der Waals surface area contributed by atoms with Gasteiger partial charge in [0.15, 0.2) is 0 Å². The second-order valence-corrected chi connectivity index (χ2v) is 6.40. The van der Waals surface area contributed by atoms with Gasteiger partial charge in [0.1, 0.15) is 11.5 Å². The van der Waals surface area contributed by atoms with Gasteiger partial charge in [0, 0.05) is 6.54 Å². The summed E-state index contributed by atoms with van der Waals surface area (Å²) >= 11 is 0. The van der Waals surface area contributed by atoms with Gasteiger partial charge in [-0.15, -0.1) is 0 Å². The van der Waals surface area contributed by atoms with E-state index in [1.165, 1.54) is 4.90 Å². The second kappa shape index (κ2) is 8.68. The summed E-state index contributed by atoms with van der Waals surface area (Å²) in [6.45, 7) is 3.18. The third kappa shape index (κ3) is 4.46. The zero-order chi connectivity index (χ0) is 19.2. The highest BCUT2D eigenvalue weighted by Gasteiger charge is 2.39. The van der Waals surface area contributed by atoms with Crippen LogP contribution in [0.5, 0.6) is 11.5 Å². The molecule has 3 rings (SSSR count). The highest BCUT2D eigenvalue weighted by atomic mass is 16.5. The van der Waals surface area contributed by atoms with E-state index in [1.54, 1.807) is 31.4 Å². The van der Waals surface area contributed by atoms with Crippen molar-refractivity contribution in [3.8, 4) is 11.5 Å². The fourth-order valence-electron chi connectivity index (χ4n) is 2.96. The van der Waals surface area contributed by atoms with Crippen molar-refractivity contribution >= 4 is 17.5 Å². The lowest BCUT2D eigenvalue weighted by Gasteiger charge is -2.16. The van der Waals surface area contributed by atoms with E-state index in [4.69, 9.17) is 9.47 Å². The Bertz CT molecular complexity index is 787. The molecule has 2 amide bonds. The Kier molecular flexibility index (Phi) is 6.08. The van der Waals surface area contributed by atoms with Crippen LogP contribution >= 0.6 is 0 Å². The number of methoxy groups -OCH3 is 1. The smallest absolute Gasteiger partial charge is 0.251 e. The molecule has 2 aromatic carbocycles. The van der Waals surface area contributed by atoms with Crippen LogP contribution in [0.1, 0.15) is 25.3 Å². The molecule has 1 atom stereocenters. The van der Waals surface area contributed by atoms with Crippen molar-refractivity contribution in [2.24, 2.45) is 0 Å². The largest absolute Gasteiger partial charge is 0.497 e. The predicted octanol–water partition coefficient (Wildman–Crippen LogP) is 2.91. The fourth-order valence-corrected chi connectivity index (χ4v) is 2.96. The minimum absolute atomic E-state index is 0.156. The fraction of sp³-hybridized carbons (Fsp3) is 0.333. The number of hydrogen-bond donors (Lipinski definition) is 1. The first-order chi connectivity index (χ1) is 13.1. The number of anilines is 1. The Morgan fingerprint density at radius 3 is 2.33 bits per heavy atom. The van der Waals surface area contributed by atoms with Gasteiger partial charge in [-0.1, -0.05) is 19.1 Å². The summed E-state index contributed by atoms with van der Waals surface area (Å²) in [7, 11) is 1.62. The summed E-state index contributed by atoms with van der Waals surface area (Å²) in [6, 6.07) is 14.1. The quantitative estimate of drug-likeness (QED) is 0.726. The SMILES string of the molecule is CCCOc1ccc(N2C(=O)C[C@@H](NCc3ccc(OC)cc3)C2=O)cc1. The van der Waals surface area contributed by atoms with E-state index >= 15 is 0 Å². The maximum Gasteiger partial charge on any atom is 0.251 e. The summed E-state index contributed by atoms with van der Waals surface area (Å²) in [5.41, 5.74) is 1.59. The molecule has 2 aromatic rings. The molecular formula is C21H24N2O4. The Morgan fingerprint density at radius 2 is 1.70 bits per heavy atom. The Morgan fingerprint density at radius 1 is 1.04 bits per heavy atom. The van der Waals surface area contributed by atoms with E-state index in [0.717, 1.165) is 23.5 Å². The Hall–Kier alpha value is -2.86. The molecule has 0 saturated carbocycles. The monoisotopic (exact) mass is 368 g/mol. The topological polar surface area (TPSA) is 67.9 Å². The molecule has 1 saturated heterocycles. The molecule has 1 N–H and O–H groups in total. The standard InChI is InChI=1S/C21H24N2O4/c1-3-12-27-18-10-6-16(7-11-18)23-20(24)13-19(21(23)25)22-14-15-4-8-17(26-2)9-5-15/h4-11,19,22H,3,12-14H2,1-2H3/t19-/m1/s1. The average molecular weight is 368 g/mol. The molecule has 1 fully saturated rings. The molecule has 0 unspecified atom stereocenters. The third-order valence-electron chi connectivity index (χ3n) is 4.43. The molecule has 0 aromatic heterocycles. The first-order valence-corrected chi connectivity index (χ1v) is 9.08. The van der Waals surface area contributed by atoms with E-state index in [-0.39, 0.29) is 18.2 Å². The van der Waals surface area contributed by atoms with Crippen molar-refractivity contribution < 1.29 is 19.1 Å². The molecule has 0 spiro atoms.